The van der Waals surface area contributed by atoms with Crippen LogP contribution in [-0.4, -0.2) is 52.0 Å². The maximum Gasteiger partial charge on any atom is 0.243 e. The number of nitrogens with zero attached hydrogens (tertiary/aromatic N) is 1. The number of carbonyl (C=O) groups is 1. The van der Waals surface area contributed by atoms with Gasteiger partial charge in [0.1, 0.15) is 11.6 Å². The Morgan fingerprint density at radius 1 is 1.21 bits per heavy atom. The second-order valence-corrected chi connectivity index (χ2v) is 8.13. The number of sulfonamides is 1. The van der Waals surface area contributed by atoms with Crippen LogP contribution in [0.5, 0.6) is 5.75 Å². The van der Waals surface area contributed by atoms with E-state index in [9.17, 15) is 17.6 Å². The van der Waals surface area contributed by atoms with Crippen LogP contribution in [0.2, 0.25) is 0 Å². The molecule has 1 N–H and O–H groups in total. The number of methoxy groups -OCH3 is 1. The minimum Gasteiger partial charge on any atom is -0.495 e. The van der Waals surface area contributed by atoms with Gasteiger partial charge in [0, 0.05) is 13.1 Å². The van der Waals surface area contributed by atoms with E-state index in [1.165, 1.54) is 41.7 Å². The molecule has 0 aromatic heterocycles. The summed E-state index contributed by atoms with van der Waals surface area (Å²) in [7, 11) is -2.31. The maximum absolute atomic E-state index is 13.8. The number of morpholine rings is 1. The van der Waals surface area contributed by atoms with Crippen LogP contribution in [0.1, 0.15) is 5.56 Å². The Labute approximate surface area is 163 Å². The second-order valence-electron chi connectivity index (χ2n) is 6.19. The van der Waals surface area contributed by atoms with E-state index in [0.717, 1.165) is 0 Å². The lowest BCUT2D eigenvalue weighted by molar-refractivity contribution is -0.115. The van der Waals surface area contributed by atoms with Gasteiger partial charge in [0.2, 0.25) is 15.9 Å². The van der Waals surface area contributed by atoms with Crippen molar-refractivity contribution in [3.8, 4) is 5.75 Å². The number of rotatable bonds is 6. The molecule has 0 radical (unpaired) electrons. The van der Waals surface area contributed by atoms with Gasteiger partial charge in [-0.05, 0) is 29.8 Å². The van der Waals surface area contributed by atoms with Gasteiger partial charge in [-0.25, -0.2) is 12.8 Å². The molecular weight excluding hydrogens is 387 g/mol. The smallest absolute Gasteiger partial charge is 0.243 e. The van der Waals surface area contributed by atoms with Gasteiger partial charge in [-0.15, -0.1) is 0 Å². The van der Waals surface area contributed by atoms with E-state index in [-0.39, 0.29) is 35.7 Å². The van der Waals surface area contributed by atoms with Crippen LogP contribution in [0, 0.1) is 5.82 Å². The third-order valence-corrected chi connectivity index (χ3v) is 6.26. The zero-order valence-electron chi connectivity index (χ0n) is 15.4. The molecule has 1 amide bonds. The molecule has 1 saturated heterocycles. The van der Waals surface area contributed by atoms with Crippen molar-refractivity contribution in [3.05, 3.63) is 53.8 Å². The summed E-state index contributed by atoms with van der Waals surface area (Å²) in [5.74, 6) is -0.652. The summed E-state index contributed by atoms with van der Waals surface area (Å²) in [6, 6.07) is 10.2. The van der Waals surface area contributed by atoms with Gasteiger partial charge in [0.25, 0.3) is 0 Å². The second kappa shape index (κ2) is 8.68. The highest BCUT2D eigenvalue weighted by Crippen LogP contribution is 2.29. The Morgan fingerprint density at radius 2 is 1.93 bits per heavy atom. The molecule has 0 bridgehead atoms. The molecule has 0 saturated carbocycles. The molecule has 0 aliphatic carbocycles. The SMILES string of the molecule is COc1ccc(S(=O)(=O)N2CCOCC2)cc1NC(=O)Cc1ccccc1F. The summed E-state index contributed by atoms with van der Waals surface area (Å²) in [6.07, 6.45) is -0.184. The molecule has 0 atom stereocenters. The lowest BCUT2D eigenvalue weighted by Gasteiger charge is -2.26. The van der Waals surface area contributed by atoms with Gasteiger partial charge in [-0.1, -0.05) is 18.2 Å². The van der Waals surface area contributed by atoms with Gasteiger partial charge in [-0.3, -0.25) is 4.79 Å². The number of amides is 1. The third-order valence-electron chi connectivity index (χ3n) is 4.36. The number of benzene rings is 2. The van der Waals surface area contributed by atoms with Crippen molar-refractivity contribution >= 4 is 21.6 Å². The van der Waals surface area contributed by atoms with Crippen LogP contribution in [-0.2, 0) is 26.0 Å². The van der Waals surface area contributed by atoms with E-state index in [1.54, 1.807) is 12.1 Å². The van der Waals surface area contributed by atoms with Crippen LogP contribution in [0.25, 0.3) is 0 Å². The van der Waals surface area contributed by atoms with Crippen LogP contribution in [0.3, 0.4) is 0 Å². The lowest BCUT2D eigenvalue weighted by Crippen LogP contribution is -2.40. The molecule has 9 heteroatoms. The molecule has 2 aromatic carbocycles. The molecule has 0 unspecified atom stereocenters. The fraction of sp³-hybridized carbons (Fsp3) is 0.316. The fourth-order valence-corrected chi connectivity index (χ4v) is 4.33. The maximum atomic E-state index is 13.8. The summed E-state index contributed by atoms with van der Waals surface area (Å²) in [5.41, 5.74) is 0.453. The fourth-order valence-electron chi connectivity index (χ4n) is 2.89. The molecule has 1 aliphatic heterocycles. The van der Waals surface area contributed by atoms with Gasteiger partial charge >= 0.3 is 0 Å². The standard InChI is InChI=1S/C19H21FN2O5S/c1-26-18-7-6-15(28(24,25)22-8-10-27-11-9-22)13-17(18)21-19(23)12-14-4-2-3-5-16(14)20/h2-7,13H,8-12H2,1H3,(H,21,23). The van der Waals surface area contributed by atoms with E-state index >= 15 is 0 Å². The Balaban J connectivity index is 1.83. The summed E-state index contributed by atoms with van der Waals surface area (Å²) >= 11 is 0. The highest BCUT2D eigenvalue weighted by Gasteiger charge is 2.27. The average molecular weight is 408 g/mol. The first-order valence-electron chi connectivity index (χ1n) is 8.71. The van der Waals surface area contributed by atoms with Crippen LogP contribution < -0.4 is 10.1 Å². The van der Waals surface area contributed by atoms with Crippen molar-refractivity contribution in [2.24, 2.45) is 0 Å². The zero-order valence-corrected chi connectivity index (χ0v) is 16.2. The van der Waals surface area contributed by atoms with Crippen molar-refractivity contribution in [2.75, 3.05) is 38.7 Å². The normalized spacial score (nSPS) is 15.2. The highest BCUT2D eigenvalue weighted by atomic mass is 32.2. The van der Waals surface area contributed by atoms with E-state index < -0.39 is 21.7 Å². The molecule has 7 nitrogen and oxygen atoms in total. The third kappa shape index (κ3) is 4.49. The number of carbonyl (C=O) groups excluding carboxylic acids is 1. The first-order valence-corrected chi connectivity index (χ1v) is 10.1. The predicted molar refractivity (Wildman–Crippen MR) is 101 cm³/mol. The van der Waals surface area contributed by atoms with Gasteiger partial charge < -0.3 is 14.8 Å². The largest absolute Gasteiger partial charge is 0.495 e. The van der Waals surface area contributed by atoms with Gasteiger partial charge in [0.15, 0.2) is 0 Å². The quantitative estimate of drug-likeness (QED) is 0.791. The van der Waals surface area contributed by atoms with Crippen LogP contribution in [0.4, 0.5) is 10.1 Å². The summed E-state index contributed by atoms with van der Waals surface area (Å²) in [6.45, 7) is 1.20. The van der Waals surface area contributed by atoms with Crippen molar-refractivity contribution < 1.29 is 27.1 Å². The van der Waals surface area contributed by atoms with E-state index in [0.29, 0.717) is 19.0 Å². The number of hydrogen-bond donors (Lipinski definition) is 1. The summed E-state index contributed by atoms with van der Waals surface area (Å²) in [4.78, 5) is 12.4. The molecule has 150 valence electrons. The highest BCUT2D eigenvalue weighted by molar-refractivity contribution is 7.89. The van der Waals surface area contributed by atoms with E-state index in [2.05, 4.69) is 5.32 Å². The number of anilines is 1. The summed E-state index contributed by atoms with van der Waals surface area (Å²) in [5, 5.41) is 2.61. The Hall–Kier alpha value is -2.49. The Morgan fingerprint density at radius 3 is 2.61 bits per heavy atom. The predicted octanol–water partition coefficient (Wildman–Crippen LogP) is 2.04. The van der Waals surface area contributed by atoms with Gasteiger partial charge in [-0.2, -0.15) is 4.31 Å². The average Bonchev–Trinajstić information content (AvgIpc) is 2.70. The van der Waals surface area contributed by atoms with Crippen molar-refractivity contribution in [1.82, 2.24) is 4.31 Å². The Bertz CT molecular complexity index is 959. The topological polar surface area (TPSA) is 84.9 Å². The van der Waals surface area contributed by atoms with Crippen molar-refractivity contribution in [2.45, 2.75) is 11.3 Å². The van der Waals surface area contributed by atoms with Crippen LogP contribution >= 0.6 is 0 Å². The molecule has 1 fully saturated rings. The molecule has 3 rings (SSSR count). The summed E-state index contributed by atoms with van der Waals surface area (Å²) < 4.78 is 51.2. The number of hydrogen-bond acceptors (Lipinski definition) is 5. The molecule has 0 spiro atoms. The van der Waals surface area contributed by atoms with E-state index in [4.69, 9.17) is 9.47 Å². The van der Waals surface area contributed by atoms with E-state index in [1.807, 2.05) is 0 Å². The molecule has 28 heavy (non-hydrogen) atoms. The monoisotopic (exact) mass is 408 g/mol. The minimum atomic E-state index is -3.72. The van der Waals surface area contributed by atoms with Crippen molar-refractivity contribution in [3.63, 3.8) is 0 Å². The zero-order chi connectivity index (χ0) is 20.1. The lowest BCUT2D eigenvalue weighted by atomic mass is 10.1. The first-order chi connectivity index (χ1) is 13.4. The molecule has 2 aromatic rings. The Kier molecular flexibility index (Phi) is 6.28. The van der Waals surface area contributed by atoms with Gasteiger partial charge in [0.05, 0.1) is 37.3 Å². The number of ether oxygens (including phenoxy) is 2. The van der Waals surface area contributed by atoms with Crippen molar-refractivity contribution in [1.29, 1.82) is 0 Å². The minimum absolute atomic E-state index is 0.0383. The first kappa shape index (κ1) is 20.2. The molecule has 1 heterocycles. The number of nitrogens with one attached hydrogen (secondary N) is 1. The number of halogens is 1. The molecular formula is C19H21FN2O5S. The van der Waals surface area contributed by atoms with Crippen LogP contribution in [0.15, 0.2) is 47.4 Å². The molecule has 1 aliphatic rings.